The van der Waals surface area contributed by atoms with Gasteiger partial charge in [0.1, 0.15) is 15.5 Å². The molecule has 27 heavy (non-hydrogen) atoms. The number of aromatic nitrogens is 2. The summed E-state index contributed by atoms with van der Waals surface area (Å²) in [6.45, 7) is 8.36. The molecule has 0 unspecified atom stereocenters. The molecule has 3 nitrogen and oxygen atoms in total. The summed E-state index contributed by atoms with van der Waals surface area (Å²) in [5.74, 6) is 0. The number of nitrogens with zero attached hydrogens (tertiary/aromatic N) is 2. The first-order valence-corrected chi connectivity index (χ1v) is 11.6. The highest BCUT2D eigenvalue weighted by molar-refractivity contribution is 8.02. The Hall–Kier alpha value is -1.89. The van der Waals surface area contributed by atoms with Gasteiger partial charge in [0.25, 0.3) is 0 Å². The maximum Gasteiger partial charge on any atom is 0.141 e. The van der Waals surface area contributed by atoms with Gasteiger partial charge in [0, 0.05) is 22.2 Å². The maximum atomic E-state index is 6.53. The third-order valence-corrected chi connectivity index (χ3v) is 6.88. The molecule has 2 N–H and O–H groups in total. The van der Waals surface area contributed by atoms with Gasteiger partial charge in [-0.05, 0) is 17.2 Å². The number of fused-ring (bicyclic) bond motifs is 1. The van der Waals surface area contributed by atoms with Gasteiger partial charge in [-0.2, -0.15) is 0 Å². The monoisotopic (exact) mass is 413 g/mol. The number of hydrogen-bond acceptors (Lipinski definition) is 6. The van der Waals surface area contributed by atoms with Gasteiger partial charge in [0.15, 0.2) is 0 Å². The second kappa shape index (κ2) is 8.87. The van der Waals surface area contributed by atoms with Gasteiger partial charge >= 0.3 is 0 Å². The summed E-state index contributed by atoms with van der Waals surface area (Å²) in [5.41, 5.74) is 10.6. The molecule has 3 heterocycles. The molecule has 6 heteroatoms. The fourth-order valence-electron chi connectivity index (χ4n) is 2.71. The molecule has 0 bridgehead atoms. The van der Waals surface area contributed by atoms with E-state index in [0.29, 0.717) is 5.25 Å². The Morgan fingerprint density at radius 2 is 1.85 bits per heavy atom. The number of thioether (sulfide) groups is 1. The molecule has 4 rings (SSSR count). The molecular formula is C21H23N3S3. The standard InChI is InChI=1S/C19H17N3S3.C2H6/c1-11(2)24-19-16(20)15-13(12-6-4-3-5-7-12)10-14(22-18(15)25-19)17-21-8-9-23-17;1-2/h3-11H,20H2,1-2H3;1-2H3. The first-order valence-electron chi connectivity index (χ1n) is 8.98. The molecule has 0 aliphatic rings. The lowest BCUT2D eigenvalue weighted by Crippen LogP contribution is -1.91. The lowest BCUT2D eigenvalue weighted by molar-refractivity contribution is 1.11. The van der Waals surface area contributed by atoms with Crippen molar-refractivity contribution in [3.8, 4) is 21.8 Å². The molecule has 0 fully saturated rings. The average Bonchev–Trinajstić information content (AvgIpc) is 3.32. The van der Waals surface area contributed by atoms with Crippen LogP contribution in [0.1, 0.15) is 27.7 Å². The van der Waals surface area contributed by atoms with E-state index in [1.807, 2.05) is 31.5 Å². The van der Waals surface area contributed by atoms with Crippen LogP contribution in [-0.4, -0.2) is 15.2 Å². The molecule has 3 aromatic heterocycles. The Kier molecular flexibility index (Phi) is 6.52. The molecule has 0 aliphatic heterocycles. The average molecular weight is 414 g/mol. The largest absolute Gasteiger partial charge is 0.397 e. The molecule has 1 aromatic carbocycles. The van der Waals surface area contributed by atoms with Gasteiger partial charge in [-0.25, -0.2) is 9.97 Å². The zero-order chi connectivity index (χ0) is 19.4. The van der Waals surface area contributed by atoms with Crippen molar-refractivity contribution in [3.05, 3.63) is 48.0 Å². The molecule has 0 spiro atoms. The van der Waals surface area contributed by atoms with Crippen LogP contribution in [0.4, 0.5) is 5.69 Å². The van der Waals surface area contributed by atoms with Gasteiger partial charge in [-0.15, -0.1) is 34.4 Å². The molecule has 0 atom stereocenters. The zero-order valence-electron chi connectivity index (χ0n) is 15.9. The van der Waals surface area contributed by atoms with Crippen LogP contribution < -0.4 is 5.73 Å². The number of pyridine rings is 1. The minimum atomic E-state index is 0.481. The van der Waals surface area contributed by atoms with Crippen molar-refractivity contribution in [2.24, 2.45) is 0 Å². The Bertz CT molecular complexity index is 1010. The van der Waals surface area contributed by atoms with Gasteiger partial charge < -0.3 is 5.73 Å². The highest BCUT2D eigenvalue weighted by Crippen LogP contribution is 2.46. The molecule has 0 saturated heterocycles. The minimum absolute atomic E-state index is 0.481. The summed E-state index contributed by atoms with van der Waals surface area (Å²) < 4.78 is 1.14. The van der Waals surface area contributed by atoms with Gasteiger partial charge in [-0.1, -0.05) is 58.0 Å². The number of thiophene rings is 1. The van der Waals surface area contributed by atoms with Crippen molar-refractivity contribution < 1.29 is 0 Å². The summed E-state index contributed by atoms with van der Waals surface area (Å²) in [7, 11) is 0. The maximum absolute atomic E-state index is 6.53. The van der Waals surface area contributed by atoms with Crippen LogP contribution in [0.5, 0.6) is 0 Å². The molecule has 0 radical (unpaired) electrons. The van der Waals surface area contributed by atoms with E-state index >= 15 is 0 Å². The minimum Gasteiger partial charge on any atom is -0.397 e. The lowest BCUT2D eigenvalue weighted by atomic mass is 10.0. The van der Waals surface area contributed by atoms with E-state index in [0.717, 1.165) is 41.9 Å². The van der Waals surface area contributed by atoms with Crippen molar-refractivity contribution in [1.29, 1.82) is 0 Å². The highest BCUT2D eigenvalue weighted by Gasteiger charge is 2.19. The van der Waals surface area contributed by atoms with Crippen molar-refractivity contribution in [2.45, 2.75) is 37.2 Å². The van der Waals surface area contributed by atoms with Crippen molar-refractivity contribution in [3.63, 3.8) is 0 Å². The van der Waals surface area contributed by atoms with E-state index in [-0.39, 0.29) is 0 Å². The second-order valence-electron chi connectivity index (χ2n) is 5.91. The molecular weight excluding hydrogens is 390 g/mol. The number of thiazole rings is 1. The van der Waals surface area contributed by atoms with Crippen LogP contribution >= 0.6 is 34.4 Å². The summed E-state index contributed by atoms with van der Waals surface area (Å²) in [4.78, 5) is 10.3. The molecule has 4 aromatic rings. The fourth-order valence-corrected chi connectivity index (χ4v) is 5.82. The number of nitrogens with two attached hydrogens (primary N) is 1. The van der Waals surface area contributed by atoms with Crippen molar-refractivity contribution >= 4 is 50.3 Å². The smallest absolute Gasteiger partial charge is 0.141 e. The van der Waals surface area contributed by atoms with Gasteiger partial charge in [0.05, 0.1) is 9.90 Å². The third kappa shape index (κ3) is 4.18. The summed E-state index contributed by atoms with van der Waals surface area (Å²) in [6, 6.07) is 12.5. The molecule has 140 valence electrons. The normalized spacial score (nSPS) is 10.9. The Morgan fingerprint density at radius 1 is 1.11 bits per heavy atom. The van der Waals surface area contributed by atoms with Crippen molar-refractivity contribution in [2.75, 3.05) is 5.73 Å². The topological polar surface area (TPSA) is 51.8 Å². The quantitative estimate of drug-likeness (QED) is 0.359. The third-order valence-electron chi connectivity index (χ3n) is 3.74. The van der Waals surface area contributed by atoms with Crippen LogP contribution in [-0.2, 0) is 0 Å². The molecule has 0 saturated carbocycles. The molecule has 0 amide bonds. The fraction of sp³-hybridized carbons (Fsp3) is 0.238. The van der Waals surface area contributed by atoms with E-state index in [1.54, 1.807) is 34.4 Å². The molecule has 0 aliphatic carbocycles. The Labute approximate surface area is 172 Å². The van der Waals surface area contributed by atoms with E-state index in [1.165, 1.54) is 0 Å². The second-order valence-corrected chi connectivity index (χ2v) is 9.65. The van der Waals surface area contributed by atoms with E-state index in [4.69, 9.17) is 10.7 Å². The predicted molar refractivity (Wildman–Crippen MR) is 123 cm³/mol. The summed E-state index contributed by atoms with van der Waals surface area (Å²) >= 11 is 5.08. The van der Waals surface area contributed by atoms with Crippen LogP contribution in [0, 0.1) is 0 Å². The number of hydrogen-bond donors (Lipinski definition) is 1. The van der Waals surface area contributed by atoms with E-state index in [2.05, 4.69) is 49.2 Å². The van der Waals surface area contributed by atoms with E-state index < -0.39 is 0 Å². The Balaban J connectivity index is 0.00000102. The SMILES string of the molecule is CC.CC(C)Sc1sc2nc(-c3nccs3)cc(-c3ccccc3)c2c1N. The number of nitrogen functional groups attached to an aromatic ring is 1. The first-order chi connectivity index (χ1) is 13.1. The first kappa shape index (κ1) is 19.9. The lowest BCUT2D eigenvalue weighted by Gasteiger charge is -2.07. The summed E-state index contributed by atoms with van der Waals surface area (Å²) in [5, 5.41) is 4.45. The number of anilines is 1. The van der Waals surface area contributed by atoms with Crippen molar-refractivity contribution in [1.82, 2.24) is 9.97 Å². The predicted octanol–water partition coefficient (Wildman–Crippen LogP) is 7.20. The number of benzene rings is 1. The van der Waals surface area contributed by atoms with Crippen LogP contribution in [0.25, 0.3) is 32.0 Å². The summed E-state index contributed by atoms with van der Waals surface area (Å²) in [6.07, 6.45) is 1.82. The van der Waals surface area contributed by atoms with Crippen LogP contribution in [0.15, 0.2) is 52.2 Å². The van der Waals surface area contributed by atoms with Crippen LogP contribution in [0.3, 0.4) is 0 Å². The van der Waals surface area contributed by atoms with Crippen LogP contribution in [0.2, 0.25) is 0 Å². The van der Waals surface area contributed by atoms with Gasteiger partial charge in [0.2, 0.25) is 0 Å². The van der Waals surface area contributed by atoms with Gasteiger partial charge in [-0.3, -0.25) is 0 Å². The Morgan fingerprint density at radius 3 is 2.48 bits per heavy atom. The zero-order valence-corrected chi connectivity index (χ0v) is 18.3. The number of rotatable bonds is 4. The highest BCUT2D eigenvalue weighted by atomic mass is 32.2. The van der Waals surface area contributed by atoms with E-state index in [9.17, 15) is 0 Å².